The maximum Gasteiger partial charge on any atom is 0.337 e. The number of esters is 1. The number of thioether (sulfide) groups is 1. The van der Waals surface area contributed by atoms with Crippen LogP contribution in [0.25, 0.3) is 11.8 Å². The second-order valence-corrected chi connectivity index (χ2v) is 12.5. The number of aryl methyl sites for hydroxylation is 1. The zero-order chi connectivity index (χ0) is 36.5. The number of allylic oxidation sites excluding steroid dienone is 4. The summed E-state index contributed by atoms with van der Waals surface area (Å²) in [5.74, 6) is -2.15. The first-order valence-electron chi connectivity index (χ1n) is 16.2. The van der Waals surface area contributed by atoms with Crippen LogP contribution in [0.5, 0.6) is 0 Å². The van der Waals surface area contributed by atoms with Crippen LogP contribution in [0.3, 0.4) is 0 Å². The molecule has 2 heterocycles. The molecule has 3 amide bonds. The number of nitrogens with one attached hydrogen (secondary N) is 1. The first-order valence-corrected chi connectivity index (χ1v) is 17.2. The summed E-state index contributed by atoms with van der Waals surface area (Å²) in [5.41, 5.74) is 5.49. The number of nitrogens with zero attached hydrogens (tertiary/aromatic N) is 3. The molecular formula is C41H38N4O5S. The van der Waals surface area contributed by atoms with Gasteiger partial charge in [-0.05, 0) is 73.9 Å². The van der Waals surface area contributed by atoms with Crippen molar-refractivity contribution in [2.45, 2.75) is 26.8 Å². The highest BCUT2D eigenvalue weighted by atomic mass is 32.2. The summed E-state index contributed by atoms with van der Waals surface area (Å²) >= 11 is 1.00. The molecule has 0 atom stereocenters. The molecule has 9 nitrogen and oxygen atoms in total. The molecule has 0 radical (unpaired) electrons. The molecule has 3 aromatic carbocycles. The lowest BCUT2D eigenvalue weighted by atomic mass is 9.99. The molecule has 0 saturated heterocycles. The molecule has 5 rings (SSSR count). The van der Waals surface area contributed by atoms with Crippen molar-refractivity contribution < 1.29 is 23.9 Å². The Morgan fingerprint density at radius 2 is 1.63 bits per heavy atom. The number of hydrogen-bond donors (Lipinski definition) is 1. The Labute approximate surface area is 301 Å². The first kappa shape index (κ1) is 36.3. The van der Waals surface area contributed by atoms with Gasteiger partial charge in [0.05, 0.1) is 24.5 Å². The average Bonchev–Trinajstić information content (AvgIpc) is 3.44. The van der Waals surface area contributed by atoms with Crippen molar-refractivity contribution in [3.05, 3.63) is 167 Å². The molecule has 0 saturated carbocycles. The smallest absolute Gasteiger partial charge is 0.337 e. The summed E-state index contributed by atoms with van der Waals surface area (Å²) in [6.45, 7) is 9.27. The van der Waals surface area contributed by atoms with Gasteiger partial charge < -0.3 is 14.6 Å². The number of methoxy groups -OCH3 is 1. The number of amidine groups is 1. The number of carbonyl (C=O) groups excluding carboxylic acids is 4. The van der Waals surface area contributed by atoms with E-state index in [-0.39, 0.29) is 22.4 Å². The number of benzene rings is 3. The number of ether oxygens (including phenoxy) is 1. The molecule has 0 aliphatic carbocycles. The SMILES string of the molecule is C=C/C=C\C(=C/C)N1C(=O)/C(=C/c2cc(C)n(-c3cccc(C(=O)OC)c3)c2C)C(=O)N=C1SCC(=O)NC(c1ccccc1)c1ccccc1. The monoisotopic (exact) mass is 698 g/mol. The summed E-state index contributed by atoms with van der Waals surface area (Å²) in [5, 5.41) is 3.18. The molecule has 1 aliphatic heterocycles. The number of hydrogen-bond acceptors (Lipinski definition) is 6. The van der Waals surface area contributed by atoms with Gasteiger partial charge in [0.25, 0.3) is 11.8 Å². The predicted molar refractivity (Wildman–Crippen MR) is 202 cm³/mol. The highest BCUT2D eigenvalue weighted by Crippen LogP contribution is 2.29. The lowest BCUT2D eigenvalue weighted by molar-refractivity contribution is -0.126. The zero-order valence-electron chi connectivity index (χ0n) is 28.8. The van der Waals surface area contributed by atoms with E-state index in [0.717, 1.165) is 40.0 Å². The van der Waals surface area contributed by atoms with Crippen LogP contribution in [0.4, 0.5) is 0 Å². The van der Waals surface area contributed by atoms with E-state index in [0.29, 0.717) is 16.8 Å². The quantitative estimate of drug-likeness (QED) is 0.0764. The fourth-order valence-electron chi connectivity index (χ4n) is 5.77. The maximum atomic E-state index is 14.2. The average molecular weight is 699 g/mol. The topological polar surface area (TPSA) is 110 Å². The van der Waals surface area contributed by atoms with Gasteiger partial charge in [-0.25, -0.2) is 4.79 Å². The second-order valence-electron chi connectivity index (χ2n) is 11.5. The van der Waals surface area contributed by atoms with E-state index in [1.165, 1.54) is 18.1 Å². The lowest BCUT2D eigenvalue weighted by Crippen LogP contribution is -2.42. The van der Waals surface area contributed by atoms with E-state index >= 15 is 0 Å². The molecule has 10 heteroatoms. The number of amides is 3. The first-order chi connectivity index (χ1) is 24.7. The van der Waals surface area contributed by atoms with Crippen molar-refractivity contribution in [1.82, 2.24) is 14.8 Å². The van der Waals surface area contributed by atoms with Crippen LogP contribution >= 0.6 is 11.8 Å². The van der Waals surface area contributed by atoms with E-state index in [2.05, 4.69) is 16.9 Å². The third kappa shape index (κ3) is 8.25. The van der Waals surface area contributed by atoms with Crippen LogP contribution in [0, 0.1) is 13.8 Å². The zero-order valence-corrected chi connectivity index (χ0v) is 29.6. The Morgan fingerprint density at radius 3 is 2.24 bits per heavy atom. The molecule has 0 spiro atoms. The third-order valence-electron chi connectivity index (χ3n) is 8.21. The maximum absolute atomic E-state index is 14.2. The third-order valence-corrected chi connectivity index (χ3v) is 9.15. The Kier molecular flexibility index (Phi) is 11.8. The van der Waals surface area contributed by atoms with Crippen molar-refractivity contribution >= 4 is 46.7 Å². The molecule has 0 fully saturated rings. The minimum absolute atomic E-state index is 0.0835. The largest absolute Gasteiger partial charge is 0.465 e. The van der Waals surface area contributed by atoms with Crippen LogP contribution in [0.2, 0.25) is 0 Å². The summed E-state index contributed by atoms with van der Waals surface area (Å²) in [4.78, 5) is 59.1. The number of carbonyl (C=O) groups is 4. The number of rotatable bonds is 11. The van der Waals surface area contributed by atoms with Crippen molar-refractivity contribution in [2.75, 3.05) is 12.9 Å². The molecule has 1 aromatic heterocycles. The fourth-order valence-corrected chi connectivity index (χ4v) is 6.58. The minimum Gasteiger partial charge on any atom is -0.465 e. The van der Waals surface area contributed by atoms with Crippen LogP contribution in [-0.2, 0) is 19.1 Å². The molecule has 1 N–H and O–H groups in total. The van der Waals surface area contributed by atoms with Gasteiger partial charge in [0.2, 0.25) is 5.91 Å². The fraction of sp³-hybridized carbons (Fsp3) is 0.146. The van der Waals surface area contributed by atoms with Gasteiger partial charge in [-0.15, -0.1) is 0 Å². The molecule has 1 aliphatic rings. The van der Waals surface area contributed by atoms with E-state index in [1.54, 1.807) is 49.4 Å². The number of aromatic nitrogens is 1. The Hall–Kier alpha value is -6.00. The van der Waals surface area contributed by atoms with E-state index in [4.69, 9.17) is 4.74 Å². The van der Waals surface area contributed by atoms with E-state index < -0.39 is 23.8 Å². The van der Waals surface area contributed by atoms with Crippen LogP contribution in [0.15, 0.2) is 138 Å². The lowest BCUT2D eigenvalue weighted by Gasteiger charge is -2.28. The molecule has 258 valence electrons. The van der Waals surface area contributed by atoms with Crippen LogP contribution in [-0.4, -0.2) is 51.2 Å². The molecule has 0 unspecified atom stereocenters. The van der Waals surface area contributed by atoms with Crippen LogP contribution < -0.4 is 5.32 Å². The highest BCUT2D eigenvalue weighted by Gasteiger charge is 2.35. The molecule has 4 aromatic rings. The molecule has 51 heavy (non-hydrogen) atoms. The Morgan fingerprint density at radius 1 is 0.961 bits per heavy atom. The van der Waals surface area contributed by atoms with Gasteiger partial charge in [-0.2, -0.15) is 4.99 Å². The molecule has 0 bridgehead atoms. The van der Waals surface area contributed by atoms with Crippen molar-refractivity contribution in [3.63, 3.8) is 0 Å². The second kappa shape index (κ2) is 16.6. The normalized spacial score (nSPS) is 14.3. The Bertz CT molecular complexity index is 2050. The Balaban J connectivity index is 1.45. The summed E-state index contributed by atoms with van der Waals surface area (Å²) < 4.78 is 6.81. The van der Waals surface area contributed by atoms with Crippen molar-refractivity contribution in [1.29, 1.82) is 0 Å². The van der Waals surface area contributed by atoms with Crippen molar-refractivity contribution in [2.24, 2.45) is 4.99 Å². The van der Waals surface area contributed by atoms with Gasteiger partial charge in [0.15, 0.2) is 5.17 Å². The predicted octanol–water partition coefficient (Wildman–Crippen LogP) is 7.27. The van der Waals surface area contributed by atoms with Gasteiger partial charge in [0.1, 0.15) is 5.57 Å². The van der Waals surface area contributed by atoms with E-state index in [1.807, 2.05) is 91.2 Å². The summed E-state index contributed by atoms with van der Waals surface area (Å²) in [7, 11) is 1.33. The van der Waals surface area contributed by atoms with Crippen molar-refractivity contribution in [3.8, 4) is 5.69 Å². The molecular weight excluding hydrogens is 661 g/mol. The van der Waals surface area contributed by atoms with Gasteiger partial charge in [-0.3, -0.25) is 19.3 Å². The highest BCUT2D eigenvalue weighted by molar-refractivity contribution is 8.14. The summed E-state index contributed by atoms with van der Waals surface area (Å²) in [6, 6.07) is 27.8. The van der Waals surface area contributed by atoms with Crippen LogP contribution in [0.1, 0.15) is 51.4 Å². The van der Waals surface area contributed by atoms with E-state index in [9.17, 15) is 19.2 Å². The standard InChI is InChI=1S/C41H38N4O5S/c1-6-8-21-33(7-2)45-39(48)35(25-32-23-27(3)44(28(32)4)34-22-15-20-31(24-34)40(49)50-5)38(47)43-41(45)51-26-36(46)42-37(29-16-11-9-12-17-29)30-18-13-10-14-19-30/h6-25,37H,1,26H2,2-5H3,(H,42,46)/b21-8-,33-7+,35-25+. The van der Waals surface area contributed by atoms with Gasteiger partial charge in [-0.1, -0.05) is 103 Å². The number of aliphatic imine (C=N–C) groups is 1. The summed E-state index contributed by atoms with van der Waals surface area (Å²) in [6.07, 6.45) is 8.21. The minimum atomic E-state index is -0.716. The van der Waals surface area contributed by atoms with Gasteiger partial charge >= 0.3 is 5.97 Å². The van der Waals surface area contributed by atoms with Gasteiger partial charge in [0, 0.05) is 22.8 Å².